The van der Waals surface area contributed by atoms with E-state index in [0.717, 1.165) is 16.7 Å². The lowest BCUT2D eigenvalue weighted by molar-refractivity contribution is 0.0600. The fraction of sp³-hybridized carbons (Fsp3) is 0.179. The predicted octanol–water partition coefficient (Wildman–Crippen LogP) is 4.68. The van der Waals surface area contributed by atoms with E-state index in [9.17, 15) is 14.4 Å². The molecule has 0 bridgehead atoms. The molecule has 1 atom stereocenters. The van der Waals surface area contributed by atoms with Gasteiger partial charge in [-0.15, -0.1) is 0 Å². The normalized spacial score (nSPS) is 14.9. The highest BCUT2D eigenvalue weighted by atomic mass is 16.5. The molecule has 0 fully saturated rings. The molecule has 0 aliphatic carbocycles. The first-order valence-corrected chi connectivity index (χ1v) is 11.1. The second kappa shape index (κ2) is 8.63. The number of methoxy groups -OCH3 is 1. The maximum absolute atomic E-state index is 13.6. The van der Waals surface area contributed by atoms with Crippen molar-refractivity contribution >= 4 is 22.8 Å². The van der Waals surface area contributed by atoms with Crippen LogP contribution < -0.4 is 5.43 Å². The minimum Gasteiger partial charge on any atom is -0.465 e. The van der Waals surface area contributed by atoms with Gasteiger partial charge in [0.2, 0.25) is 5.76 Å². The Labute approximate surface area is 196 Å². The van der Waals surface area contributed by atoms with Gasteiger partial charge in [-0.2, -0.15) is 0 Å². The molecule has 34 heavy (non-hydrogen) atoms. The molecule has 0 saturated carbocycles. The summed E-state index contributed by atoms with van der Waals surface area (Å²) in [5, 5.41) is 0.452. The Balaban J connectivity index is 1.63. The number of hydrogen-bond acceptors (Lipinski definition) is 5. The zero-order valence-corrected chi connectivity index (χ0v) is 18.9. The standard InChI is InChI=1S/C28H23NO5/c1-17-8-13-22-21(16-17)25(30)23-24(19-9-11-20(12-10-19)28(32)33-2)29(27(31)26(23)34-22)15-14-18-6-4-3-5-7-18/h3-13,16,24H,14-15H2,1-2H3. The van der Waals surface area contributed by atoms with Crippen LogP contribution in [-0.4, -0.2) is 30.4 Å². The third kappa shape index (κ3) is 3.67. The van der Waals surface area contributed by atoms with E-state index in [4.69, 9.17) is 9.15 Å². The van der Waals surface area contributed by atoms with Crippen molar-refractivity contribution in [2.75, 3.05) is 13.7 Å². The van der Waals surface area contributed by atoms with E-state index in [-0.39, 0.29) is 17.1 Å². The molecule has 0 spiro atoms. The molecule has 6 heteroatoms. The Morgan fingerprint density at radius 2 is 1.74 bits per heavy atom. The number of fused-ring (bicyclic) bond motifs is 2. The number of amides is 1. The summed E-state index contributed by atoms with van der Waals surface area (Å²) in [6.07, 6.45) is 0.629. The van der Waals surface area contributed by atoms with Crippen LogP contribution in [0.4, 0.5) is 0 Å². The largest absolute Gasteiger partial charge is 0.465 e. The molecule has 3 aromatic carbocycles. The lowest BCUT2D eigenvalue weighted by Crippen LogP contribution is -2.31. The molecule has 0 saturated heterocycles. The minimum absolute atomic E-state index is 0.0801. The van der Waals surface area contributed by atoms with Gasteiger partial charge < -0.3 is 14.1 Å². The number of ether oxygens (including phenoxy) is 1. The van der Waals surface area contributed by atoms with Crippen LogP contribution >= 0.6 is 0 Å². The van der Waals surface area contributed by atoms with Crippen LogP contribution in [0.1, 0.15) is 49.2 Å². The first-order valence-electron chi connectivity index (χ1n) is 11.1. The fourth-order valence-corrected chi connectivity index (χ4v) is 4.52. The molecule has 1 aromatic heterocycles. The van der Waals surface area contributed by atoms with Gasteiger partial charge >= 0.3 is 5.97 Å². The van der Waals surface area contributed by atoms with Crippen molar-refractivity contribution in [1.29, 1.82) is 0 Å². The van der Waals surface area contributed by atoms with E-state index in [0.29, 0.717) is 35.1 Å². The van der Waals surface area contributed by atoms with Gasteiger partial charge in [-0.3, -0.25) is 9.59 Å². The quantitative estimate of drug-likeness (QED) is 0.410. The van der Waals surface area contributed by atoms with Gasteiger partial charge in [-0.25, -0.2) is 4.79 Å². The summed E-state index contributed by atoms with van der Waals surface area (Å²) < 4.78 is 10.8. The van der Waals surface area contributed by atoms with Gasteiger partial charge in [0, 0.05) is 6.54 Å². The zero-order valence-electron chi connectivity index (χ0n) is 18.9. The number of hydrogen-bond donors (Lipinski definition) is 0. The van der Waals surface area contributed by atoms with Gasteiger partial charge in [0.15, 0.2) is 5.43 Å². The average molecular weight is 453 g/mol. The summed E-state index contributed by atoms with van der Waals surface area (Å²) in [4.78, 5) is 40.7. The molecule has 4 aromatic rings. The molecule has 0 N–H and O–H groups in total. The van der Waals surface area contributed by atoms with E-state index in [1.165, 1.54) is 7.11 Å². The maximum Gasteiger partial charge on any atom is 0.337 e. The molecule has 1 unspecified atom stereocenters. The van der Waals surface area contributed by atoms with Gasteiger partial charge in [0.05, 0.1) is 29.7 Å². The predicted molar refractivity (Wildman–Crippen MR) is 128 cm³/mol. The molecule has 1 amide bonds. The van der Waals surface area contributed by atoms with E-state index in [1.54, 1.807) is 41.3 Å². The smallest absolute Gasteiger partial charge is 0.337 e. The summed E-state index contributed by atoms with van der Waals surface area (Å²) in [6, 6.07) is 21.4. The van der Waals surface area contributed by atoms with E-state index < -0.39 is 12.0 Å². The topological polar surface area (TPSA) is 76.8 Å². The van der Waals surface area contributed by atoms with Crippen molar-refractivity contribution in [2.45, 2.75) is 19.4 Å². The number of benzene rings is 3. The van der Waals surface area contributed by atoms with Crippen molar-refractivity contribution in [3.05, 3.63) is 117 Å². The fourth-order valence-electron chi connectivity index (χ4n) is 4.52. The molecule has 0 radical (unpaired) electrons. The van der Waals surface area contributed by atoms with Crippen LogP contribution in [0, 0.1) is 6.92 Å². The second-order valence-electron chi connectivity index (χ2n) is 8.42. The second-order valence-corrected chi connectivity index (χ2v) is 8.42. The highest BCUT2D eigenvalue weighted by Gasteiger charge is 2.42. The van der Waals surface area contributed by atoms with E-state index in [2.05, 4.69) is 0 Å². The molecule has 170 valence electrons. The van der Waals surface area contributed by atoms with Crippen LogP contribution in [0.3, 0.4) is 0 Å². The van der Waals surface area contributed by atoms with Gasteiger partial charge in [0.1, 0.15) is 5.58 Å². The third-order valence-corrected chi connectivity index (χ3v) is 6.25. The molecular formula is C28H23NO5. The Bertz CT molecular complexity index is 1450. The minimum atomic E-state index is -0.612. The van der Waals surface area contributed by atoms with Crippen molar-refractivity contribution < 1.29 is 18.7 Å². The van der Waals surface area contributed by atoms with Crippen LogP contribution in [0.15, 0.2) is 82.0 Å². The van der Waals surface area contributed by atoms with Crippen molar-refractivity contribution in [3.63, 3.8) is 0 Å². The third-order valence-electron chi connectivity index (χ3n) is 6.25. The summed E-state index contributed by atoms with van der Waals surface area (Å²) in [5.41, 5.74) is 3.67. The number of nitrogens with zero attached hydrogens (tertiary/aromatic N) is 1. The molecular weight excluding hydrogens is 430 g/mol. The first-order chi connectivity index (χ1) is 16.5. The summed E-state index contributed by atoms with van der Waals surface area (Å²) in [7, 11) is 1.33. The van der Waals surface area contributed by atoms with Crippen LogP contribution in [-0.2, 0) is 11.2 Å². The van der Waals surface area contributed by atoms with Gasteiger partial charge in [-0.1, -0.05) is 54.1 Å². The highest BCUT2D eigenvalue weighted by molar-refractivity contribution is 5.99. The van der Waals surface area contributed by atoms with E-state index in [1.807, 2.05) is 43.3 Å². The van der Waals surface area contributed by atoms with Crippen molar-refractivity contribution in [1.82, 2.24) is 4.90 Å². The van der Waals surface area contributed by atoms with E-state index >= 15 is 0 Å². The van der Waals surface area contributed by atoms with Gasteiger partial charge in [-0.05, 0) is 48.7 Å². The Kier molecular flexibility index (Phi) is 5.49. The first kappa shape index (κ1) is 21.6. The van der Waals surface area contributed by atoms with Crippen LogP contribution in [0.2, 0.25) is 0 Å². The Morgan fingerprint density at radius 3 is 2.44 bits per heavy atom. The van der Waals surface area contributed by atoms with Crippen LogP contribution in [0.5, 0.6) is 0 Å². The number of rotatable bonds is 5. The number of esters is 1. The summed E-state index contributed by atoms with van der Waals surface area (Å²) in [5.74, 6) is -0.680. The van der Waals surface area contributed by atoms with Gasteiger partial charge in [0.25, 0.3) is 5.91 Å². The van der Waals surface area contributed by atoms with Crippen LogP contribution in [0.25, 0.3) is 11.0 Å². The maximum atomic E-state index is 13.6. The molecule has 5 rings (SSSR count). The Hall–Kier alpha value is -4.19. The van der Waals surface area contributed by atoms with Crippen molar-refractivity contribution in [3.8, 4) is 0 Å². The average Bonchev–Trinajstić information content (AvgIpc) is 3.15. The SMILES string of the molecule is COC(=O)c1ccc(C2c3c(oc4ccc(C)cc4c3=O)C(=O)N2CCc2ccccc2)cc1. The Morgan fingerprint density at radius 1 is 1.00 bits per heavy atom. The monoisotopic (exact) mass is 453 g/mol. The summed E-state index contributed by atoms with van der Waals surface area (Å²) >= 11 is 0. The molecule has 1 aliphatic rings. The van der Waals surface area contributed by atoms with Crippen molar-refractivity contribution in [2.24, 2.45) is 0 Å². The number of carbonyl (C=O) groups is 2. The number of aryl methyl sites for hydroxylation is 1. The lowest BCUT2D eigenvalue weighted by Gasteiger charge is -2.25. The zero-order chi connectivity index (χ0) is 23.8. The highest BCUT2D eigenvalue weighted by Crippen LogP contribution is 2.38. The number of carbonyl (C=O) groups excluding carboxylic acids is 2. The molecule has 1 aliphatic heterocycles. The molecule has 6 nitrogen and oxygen atoms in total. The lowest BCUT2D eigenvalue weighted by atomic mass is 9.97. The summed E-state index contributed by atoms with van der Waals surface area (Å²) in [6.45, 7) is 2.32. The molecule has 2 heterocycles.